The number of hydrogen-bond donors (Lipinski definition) is 1. The topological polar surface area (TPSA) is 77.8 Å². The minimum atomic E-state index is -0.757. The predicted octanol–water partition coefficient (Wildman–Crippen LogP) is 4.93. The molecule has 30 heavy (non-hydrogen) atoms. The first-order valence-electron chi connectivity index (χ1n) is 9.45. The number of hydrogen-bond acceptors (Lipinski definition) is 5. The molecule has 1 aliphatic rings. The van der Waals surface area contributed by atoms with Gasteiger partial charge in [0.1, 0.15) is 23.0 Å². The van der Waals surface area contributed by atoms with E-state index in [2.05, 4.69) is 5.32 Å². The number of alkyl carbamates (subject to hydrolysis) is 1. The Morgan fingerprint density at radius 1 is 1.20 bits per heavy atom. The van der Waals surface area contributed by atoms with Crippen molar-refractivity contribution in [1.29, 1.82) is 0 Å². The number of benzene rings is 2. The molecule has 1 atom stereocenters. The van der Waals surface area contributed by atoms with Crippen LogP contribution < -0.4 is 15.7 Å². The standard InChI is InChI=1S/C23H20ClNO5/c1-23(2)20(29-22(27)25-10-9-14-3-6-17(24)7-4-14)12-16-11-15-5-8-21(26)28-18(15)13-19(16)30-23/h3-11,13,20H,12H2,1-2H3,(H,25,27)/b10-9+/t20-/m0/s1. The Morgan fingerprint density at radius 2 is 1.97 bits per heavy atom. The molecule has 0 bridgehead atoms. The molecule has 154 valence electrons. The number of rotatable bonds is 3. The minimum absolute atomic E-state index is 0.415. The van der Waals surface area contributed by atoms with E-state index in [1.807, 2.05) is 32.0 Å². The third kappa shape index (κ3) is 4.33. The van der Waals surface area contributed by atoms with Crippen molar-refractivity contribution < 1.29 is 18.7 Å². The fourth-order valence-corrected chi connectivity index (χ4v) is 3.45. The number of carbonyl (C=O) groups is 1. The SMILES string of the molecule is CC1(C)Oc2cc3oc(=O)ccc3cc2C[C@@H]1OC(=O)N/C=C/c1ccc(Cl)cc1. The molecule has 3 aromatic rings. The van der Waals surface area contributed by atoms with Gasteiger partial charge < -0.3 is 13.9 Å². The van der Waals surface area contributed by atoms with E-state index in [4.69, 9.17) is 25.5 Å². The first-order chi connectivity index (χ1) is 14.3. The molecule has 1 aliphatic heterocycles. The van der Waals surface area contributed by atoms with Crippen LogP contribution in [0.25, 0.3) is 17.0 Å². The van der Waals surface area contributed by atoms with Gasteiger partial charge in [0.25, 0.3) is 0 Å². The van der Waals surface area contributed by atoms with Crippen molar-refractivity contribution in [3.05, 3.63) is 81.3 Å². The lowest BCUT2D eigenvalue weighted by atomic mass is 9.90. The van der Waals surface area contributed by atoms with Crippen LogP contribution in [0.4, 0.5) is 4.79 Å². The van der Waals surface area contributed by atoms with Crippen molar-refractivity contribution >= 4 is 34.7 Å². The molecule has 6 nitrogen and oxygen atoms in total. The van der Waals surface area contributed by atoms with Crippen LogP contribution in [-0.4, -0.2) is 17.8 Å². The summed E-state index contributed by atoms with van der Waals surface area (Å²) in [7, 11) is 0. The number of halogens is 1. The molecule has 4 rings (SSSR count). The van der Waals surface area contributed by atoms with Crippen LogP contribution in [0.5, 0.6) is 5.75 Å². The zero-order chi connectivity index (χ0) is 21.3. The third-order valence-electron chi connectivity index (χ3n) is 4.95. The molecule has 0 unspecified atom stereocenters. The predicted molar refractivity (Wildman–Crippen MR) is 115 cm³/mol. The number of nitrogens with one attached hydrogen (secondary N) is 1. The summed E-state index contributed by atoms with van der Waals surface area (Å²) in [6.45, 7) is 3.70. The van der Waals surface area contributed by atoms with Crippen molar-refractivity contribution in [3.8, 4) is 5.75 Å². The lowest BCUT2D eigenvalue weighted by Gasteiger charge is -2.39. The van der Waals surface area contributed by atoms with Crippen LogP contribution in [0.1, 0.15) is 25.0 Å². The molecule has 0 saturated carbocycles. The highest BCUT2D eigenvalue weighted by Crippen LogP contribution is 2.37. The summed E-state index contributed by atoms with van der Waals surface area (Å²) in [5, 5.41) is 4.04. The van der Waals surface area contributed by atoms with E-state index in [1.165, 1.54) is 12.3 Å². The second-order valence-electron chi connectivity index (χ2n) is 7.58. The molecule has 7 heteroatoms. The Morgan fingerprint density at radius 3 is 2.73 bits per heavy atom. The Balaban J connectivity index is 1.46. The average Bonchev–Trinajstić information content (AvgIpc) is 2.68. The molecule has 0 radical (unpaired) electrons. The van der Waals surface area contributed by atoms with Gasteiger partial charge in [-0.15, -0.1) is 0 Å². The van der Waals surface area contributed by atoms with Gasteiger partial charge in [-0.1, -0.05) is 23.7 Å². The van der Waals surface area contributed by atoms with Gasteiger partial charge in [0.05, 0.1) is 0 Å². The van der Waals surface area contributed by atoms with Gasteiger partial charge in [0.2, 0.25) is 0 Å². The first kappa shape index (κ1) is 20.0. The molecule has 2 heterocycles. The summed E-state index contributed by atoms with van der Waals surface area (Å²) in [6.07, 6.45) is 2.67. The maximum atomic E-state index is 12.3. The van der Waals surface area contributed by atoms with Crippen molar-refractivity contribution in [2.75, 3.05) is 0 Å². The Bertz CT molecular complexity index is 1180. The second-order valence-corrected chi connectivity index (χ2v) is 8.02. The van der Waals surface area contributed by atoms with Crippen LogP contribution in [0.15, 0.2) is 63.9 Å². The molecular weight excluding hydrogens is 406 g/mol. The molecule has 1 aromatic heterocycles. The molecule has 0 aliphatic carbocycles. The highest BCUT2D eigenvalue weighted by Gasteiger charge is 2.40. The highest BCUT2D eigenvalue weighted by molar-refractivity contribution is 6.30. The summed E-state index contributed by atoms with van der Waals surface area (Å²) >= 11 is 5.86. The van der Waals surface area contributed by atoms with E-state index in [1.54, 1.807) is 30.3 Å². The van der Waals surface area contributed by atoms with Gasteiger partial charge in [0.15, 0.2) is 0 Å². The smallest absolute Gasteiger partial charge is 0.411 e. The van der Waals surface area contributed by atoms with Crippen LogP contribution in [0.3, 0.4) is 0 Å². The summed E-state index contributed by atoms with van der Waals surface area (Å²) in [6, 6.07) is 13.9. The lowest BCUT2D eigenvalue weighted by Crippen LogP contribution is -2.49. The van der Waals surface area contributed by atoms with Crippen LogP contribution in [-0.2, 0) is 11.2 Å². The van der Waals surface area contributed by atoms with Crippen molar-refractivity contribution in [2.24, 2.45) is 0 Å². The molecular formula is C23H20ClNO5. The highest BCUT2D eigenvalue weighted by atomic mass is 35.5. The summed E-state index contributed by atoms with van der Waals surface area (Å²) < 4.78 is 16.9. The summed E-state index contributed by atoms with van der Waals surface area (Å²) in [5.74, 6) is 0.616. The van der Waals surface area contributed by atoms with Gasteiger partial charge >= 0.3 is 11.7 Å². The quantitative estimate of drug-likeness (QED) is 0.602. The van der Waals surface area contributed by atoms with Gasteiger partial charge in [-0.25, -0.2) is 9.59 Å². The number of fused-ring (bicyclic) bond motifs is 2. The second kappa shape index (κ2) is 7.88. The monoisotopic (exact) mass is 425 g/mol. The van der Waals surface area contributed by atoms with E-state index < -0.39 is 23.4 Å². The fraction of sp³-hybridized carbons (Fsp3) is 0.217. The molecule has 2 aromatic carbocycles. The maximum absolute atomic E-state index is 12.3. The van der Waals surface area contributed by atoms with E-state index in [0.717, 1.165) is 16.5 Å². The largest absolute Gasteiger partial charge is 0.484 e. The summed E-state index contributed by atoms with van der Waals surface area (Å²) in [5.41, 5.74) is 1.06. The van der Waals surface area contributed by atoms with E-state index in [-0.39, 0.29) is 0 Å². The average molecular weight is 426 g/mol. The van der Waals surface area contributed by atoms with Crippen LogP contribution in [0, 0.1) is 0 Å². The van der Waals surface area contributed by atoms with E-state index in [0.29, 0.717) is 22.8 Å². The molecule has 0 spiro atoms. The van der Waals surface area contributed by atoms with Crippen molar-refractivity contribution in [3.63, 3.8) is 0 Å². The molecule has 0 saturated heterocycles. The number of carbonyl (C=O) groups excluding carboxylic acids is 1. The van der Waals surface area contributed by atoms with Crippen molar-refractivity contribution in [2.45, 2.75) is 32.0 Å². The Labute approximate surface area is 178 Å². The fourth-order valence-electron chi connectivity index (χ4n) is 3.32. The van der Waals surface area contributed by atoms with Crippen molar-refractivity contribution in [1.82, 2.24) is 5.32 Å². The summed E-state index contributed by atoms with van der Waals surface area (Å²) in [4.78, 5) is 23.8. The maximum Gasteiger partial charge on any atom is 0.411 e. The van der Waals surface area contributed by atoms with Gasteiger partial charge in [-0.3, -0.25) is 5.32 Å². The van der Waals surface area contributed by atoms with Crippen LogP contribution >= 0.6 is 11.6 Å². The Hall–Kier alpha value is -3.25. The minimum Gasteiger partial charge on any atom is -0.484 e. The molecule has 0 fully saturated rings. The van der Waals surface area contributed by atoms with Crippen LogP contribution in [0.2, 0.25) is 5.02 Å². The van der Waals surface area contributed by atoms with E-state index >= 15 is 0 Å². The zero-order valence-corrected chi connectivity index (χ0v) is 17.2. The normalized spacial score (nSPS) is 17.4. The van der Waals surface area contributed by atoms with Gasteiger partial charge in [-0.2, -0.15) is 0 Å². The molecule has 1 amide bonds. The number of ether oxygens (including phenoxy) is 2. The third-order valence-corrected chi connectivity index (χ3v) is 5.20. The van der Waals surface area contributed by atoms with E-state index in [9.17, 15) is 9.59 Å². The first-order valence-corrected chi connectivity index (χ1v) is 9.83. The lowest BCUT2D eigenvalue weighted by molar-refractivity contribution is -0.0486. The molecule has 1 N–H and O–H groups in total. The zero-order valence-electron chi connectivity index (χ0n) is 16.5. The number of amides is 1. The van der Waals surface area contributed by atoms with Gasteiger partial charge in [-0.05, 0) is 55.3 Å². The Kier molecular flexibility index (Phi) is 5.26. The van der Waals surface area contributed by atoms with Gasteiger partial charge in [0, 0.05) is 35.2 Å².